The van der Waals surface area contributed by atoms with Gasteiger partial charge in [0, 0.05) is 26.3 Å². The van der Waals surface area contributed by atoms with Gasteiger partial charge in [-0.25, -0.2) is 4.98 Å². The van der Waals surface area contributed by atoms with E-state index in [0.717, 1.165) is 30.2 Å². The van der Waals surface area contributed by atoms with E-state index in [1.807, 2.05) is 24.4 Å². The van der Waals surface area contributed by atoms with E-state index < -0.39 is 0 Å². The first-order valence-electron chi connectivity index (χ1n) is 6.01. The van der Waals surface area contributed by atoms with Gasteiger partial charge in [-0.05, 0) is 26.2 Å². The Morgan fingerprint density at radius 1 is 1.22 bits per heavy atom. The van der Waals surface area contributed by atoms with E-state index in [0.29, 0.717) is 5.88 Å². The normalized spacial score (nSPS) is 11.4. The number of pyridine rings is 1. The lowest BCUT2D eigenvalue weighted by molar-refractivity contribution is 0.416. The Morgan fingerprint density at radius 2 is 2.00 bits per heavy atom. The van der Waals surface area contributed by atoms with Crippen LogP contribution in [0.5, 0.6) is 0 Å². The van der Waals surface area contributed by atoms with Crippen molar-refractivity contribution in [2.24, 2.45) is 0 Å². The van der Waals surface area contributed by atoms with E-state index >= 15 is 0 Å². The van der Waals surface area contributed by atoms with Crippen LogP contribution in [0.1, 0.15) is 5.69 Å². The molecule has 0 aliphatic rings. The van der Waals surface area contributed by atoms with Gasteiger partial charge in [-0.2, -0.15) is 0 Å². The van der Waals surface area contributed by atoms with E-state index in [4.69, 9.17) is 11.6 Å². The quantitative estimate of drug-likeness (QED) is 0.775. The first-order chi connectivity index (χ1) is 8.63. The van der Waals surface area contributed by atoms with Gasteiger partial charge in [-0.15, -0.1) is 11.6 Å². The SMILES string of the molecule is CN(C)CCN(C)c1nc2ccccn2c1CCl. The molecule has 0 fully saturated rings. The number of imidazole rings is 1. The van der Waals surface area contributed by atoms with E-state index in [-0.39, 0.29) is 0 Å². The van der Waals surface area contributed by atoms with Crippen LogP contribution in [-0.4, -0.2) is 48.5 Å². The fourth-order valence-corrected chi connectivity index (χ4v) is 2.17. The third-order valence-corrected chi connectivity index (χ3v) is 3.23. The Bertz CT molecular complexity index is 521. The molecule has 2 rings (SSSR count). The van der Waals surface area contributed by atoms with Gasteiger partial charge in [0.1, 0.15) is 5.65 Å². The van der Waals surface area contributed by atoms with Crippen molar-refractivity contribution in [3.05, 3.63) is 30.1 Å². The minimum absolute atomic E-state index is 0.465. The summed E-state index contributed by atoms with van der Waals surface area (Å²) in [5.41, 5.74) is 1.99. The number of likely N-dealkylation sites (N-methyl/N-ethyl adjacent to an activating group) is 2. The van der Waals surface area contributed by atoms with Crippen LogP contribution in [0.15, 0.2) is 24.4 Å². The maximum Gasteiger partial charge on any atom is 0.152 e. The van der Waals surface area contributed by atoms with Gasteiger partial charge in [-0.3, -0.25) is 0 Å². The van der Waals surface area contributed by atoms with Crippen molar-refractivity contribution in [2.45, 2.75) is 5.88 Å². The molecule has 0 unspecified atom stereocenters. The van der Waals surface area contributed by atoms with Crippen LogP contribution >= 0.6 is 11.6 Å². The van der Waals surface area contributed by atoms with Gasteiger partial charge in [-0.1, -0.05) is 6.07 Å². The number of rotatable bonds is 5. The molecule has 2 heterocycles. The molecule has 2 aromatic rings. The van der Waals surface area contributed by atoms with Crippen molar-refractivity contribution in [2.75, 3.05) is 39.1 Å². The van der Waals surface area contributed by atoms with E-state index in [9.17, 15) is 0 Å². The van der Waals surface area contributed by atoms with Crippen molar-refractivity contribution in [3.63, 3.8) is 0 Å². The molecule has 4 nitrogen and oxygen atoms in total. The molecule has 0 spiro atoms. The highest BCUT2D eigenvalue weighted by Crippen LogP contribution is 2.22. The molecular weight excluding hydrogens is 248 g/mol. The summed E-state index contributed by atoms with van der Waals surface area (Å²) in [5, 5.41) is 0. The minimum atomic E-state index is 0.465. The lowest BCUT2D eigenvalue weighted by Crippen LogP contribution is -2.29. The lowest BCUT2D eigenvalue weighted by atomic mass is 10.4. The molecule has 18 heavy (non-hydrogen) atoms. The summed E-state index contributed by atoms with van der Waals surface area (Å²) in [5.74, 6) is 1.44. The number of anilines is 1. The van der Waals surface area contributed by atoms with Crippen molar-refractivity contribution < 1.29 is 0 Å². The Hall–Kier alpha value is -1.26. The second kappa shape index (κ2) is 5.59. The molecule has 0 aliphatic heterocycles. The third kappa shape index (κ3) is 2.60. The fraction of sp³-hybridized carbons (Fsp3) is 0.462. The number of nitrogens with zero attached hydrogens (tertiary/aromatic N) is 4. The zero-order valence-electron chi connectivity index (χ0n) is 11.1. The molecule has 0 radical (unpaired) electrons. The van der Waals surface area contributed by atoms with Crippen LogP contribution in [0, 0.1) is 0 Å². The molecule has 0 amide bonds. The van der Waals surface area contributed by atoms with Gasteiger partial charge in [0.05, 0.1) is 11.6 Å². The Labute approximate surface area is 113 Å². The number of fused-ring (bicyclic) bond motifs is 1. The van der Waals surface area contributed by atoms with E-state index in [1.54, 1.807) is 0 Å². The second-order valence-corrected chi connectivity index (χ2v) is 4.94. The standard InChI is InChI=1S/C13H19ClN4/c1-16(2)8-9-17(3)13-11(10-14)18-7-5-4-6-12(18)15-13/h4-7H,8-10H2,1-3H3. The monoisotopic (exact) mass is 266 g/mol. The third-order valence-electron chi connectivity index (χ3n) is 2.98. The van der Waals surface area contributed by atoms with Crippen molar-refractivity contribution in [1.29, 1.82) is 0 Å². The number of aromatic nitrogens is 2. The maximum absolute atomic E-state index is 6.06. The molecule has 0 aliphatic carbocycles. The van der Waals surface area contributed by atoms with E-state index in [1.165, 1.54) is 0 Å². The van der Waals surface area contributed by atoms with Gasteiger partial charge in [0.2, 0.25) is 0 Å². The van der Waals surface area contributed by atoms with Crippen LogP contribution in [0.4, 0.5) is 5.82 Å². The molecule has 5 heteroatoms. The summed E-state index contributed by atoms with van der Waals surface area (Å²) in [7, 11) is 6.20. The summed E-state index contributed by atoms with van der Waals surface area (Å²) in [4.78, 5) is 8.96. The molecule has 2 aromatic heterocycles. The predicted octanol–water partition coefficient (Wildman–Crippen LogP) is 2.07. The molecule has 0 bridgehead atoms. The zero-order chi connectivity index (χ0) is 13.1. The smallest absolute Gasteiger partial charge is 0.152 e. The molecule has 0 saturated carbocycles. The van der Waals surface area contributed by atoms with Gasteiger partial charge < -0.3 is 14.2 Å². The fourth-order valence-electron chi connectivity index (χ4n) is 1.92. The topological polar surface area (TPSA) is 23.8 Å². The Morgan fingerprint density at radius 3 is 2.67 bits per heavy atom. The molecule has 0 atom stereocenters. The first-order valence-corrected chi connectivity index (χ1v) is 6.54. The van der Waals surface area contributed by atoms with Crippen molar-refractivity contribution in [3.8, 4) is 0 Å². The van der Waals surface area contributed by atoms with Gasteiger partial charge in [0.25, 0.3) is 0 Å². The van der Waals surface area contributed by atoms with Gasteiger partial charge in [0.15, 0.2) is 5.82 Å². The highest BCUT2D eigenvalue weighted by atomic mass is 35.5. The number of halogens is 1. The number of alkyl halides is 1. The van der Waals surface area contributed by atoms with Crippen molar-refractivity contribution in [1.82, 2.24) is 14.3 Å². The average Bonchev–Trinajstić information content (AvgIpc) is 2.74. The predicted molar refractivity (Wildman–Crippen MR) is 76.6 cm³/mol. The molecular formula is C13H19ClN4. The average molecular weight is 267 g/mol. The molecule has 0 aromatic carbocycles. The lowest BCUT2D eigenvalue weighted by Gasteiger charge is -2.20. The molecule has 98 valence electrons. The first kappa shape index (κ1) is 13.2. The second-order valence-electron chi connectivity index (χ2n) is 4.67. The minimum Gasteiger partial charge on any atom is -0.357 e. The van der Waals surface area contributed by atoms with Crippen LogP contribution < -0.4 is 4.90 Å². The summed E-state index contributed by atoms with van der Waals surface area (Å²) in [6.45, 7) is 1.92. The van der Waals surface area contributed by atoms with E-state index in [2.05, 4.69) is 40.3 Å². The van der Waals surface area contributed by atoms with Crippen LogP contribution in [0.3, 0.4) is 0 Å². The highest BCUT2D eigenvalue weighted by molar-refractivity contribution is 6.17. The summed E-state index contributed by atoms with van der Waals surface area (Å²) < 4.78 is 2.05. The Balaban J connectivity index is 2.31. The largest absolute Gasteiger partial charge is 0.357 e. The van der Waals surface area contributed by atoms with Crippen LogP contribution in [-0.2, 0) is 5.88 Å². The maximum atomic E-state index is 6.06. The van der Waals surface area contributed by atoms with Crippen LogP contribution in [0.25, 0.3) is 5.65 Å². The molecule has 0 N–H and O–H groups in total. The summed E-state index contributed by atoms with van der Waals surface area (Å²) in [6.07, 6.45) is 2.00. The summed E-state index contributed by atoms with van der Waals surface area (Å²) >= 11 is 6.06. The molecule has 0 saturated heterocycles. The summed E-state index contributed by atoms with van der Waals surface area (Å²) in [6, 6.07) is 5.98. The zero-order valence-corrected chi connectivity index (χ0v) is 11.9. The van der Waals surface area contributed by atoms with Gasteiger partial charge >= 0.3 is 0 Å². The van der Waals surface area contributed by atoms with Crippen molar-refractivity contribution >= 4 is 23.1 Å². The number of hydrogen-bond donors (Lipinski definition) is 0. The van der Waals surface area contributed by atoms with Crippen LogP contribution in [0.2, 0.25) is 0 Å². The highest BCUT2D eigenvalue weighted by Gasteiger charge is 2.14. The Kier molecular flexibility index (Phi) is 4.09. The number of hydrogen-bond acceptors (Lipinski definition) is 3.